The molecule has 2 aliphatic heterocycles. The number of nitrogens with one attached hydrogen (secondary N) is 1. The van der Waals surface area contributed by atoms with Crippen LogP contribution in [-0.2, 0) is 14.8 Å². The highest BCUT2D eigenvalue weighted by atomic mass is 32.2. The Morgan fingerprint density at radius 2 is 1.86 bits per heavy atom. The van der Waals surface area contributed by atoms with Crippen LogP contribution in [0.15, 0.2) is 53.4 Å². The molecule has 0 saturated carbocycles. The van der Waals surface area contributed by atoms with Crippen LogP contribution in [0.3, 0.4) is 0 Å². The Labute approximate surface area is 174 Å². The van der Waals surface area contributed by atoms with E-state index >= 15 is 0 Å². The van der Waals surface area contributed by atoms with E-state index in [1.54, 1.807) is 6.07 Å². The Balaban J connectivity index is 1.53. The number of ether oxygens (including phenoxy) is 2. The lowest BCUT2D eigenvalue weighted by molar-refractivity contribution is -0.124. The zero-order valence-electron chi connectivity index (χ0n) is 15.9. The second kappa shape index (κ2) is 8.25. The highest BCUT2D eigenvalue weighted by Gasteiger charge is 2.40. The Bertz CT molecular complexity index is 997. The third-order valence-corrected chi connectivity index (χ3v) is 7.95. The monoisotopic (exact) mass is 434 g/mol. The number of hydrogen-bond acceptors (Lipinski definition) is 6. The minimum absolute atomic E-state index is 0.0955. The number of rotatable bonds is 5. The van der Waals surface area contributed by atoms with Crippen LogP contribution >= 0.6 is 11.8 Å². The molecule has 1 saturated heterocycles. The van der Waals surface area contributed by atoms with Gasteiger partial charge in [-0.2, -0.15) is 4.31 Å². The molecule has 2 aromatic rings. The van der Waals surface area contributed by atoms with Crippen LogP contribution in [0.4, 0.5) is 0 Å². The molecule has 9 heteroatoms. The number of benzene rings is 2. The summed E-state index contributed by atoms with van der Waals surface area (Å²) in [6.07, 6.45) is 0. The molecule has 154 valence electrons. The molecule has 29 heavy (non-hydrogen) atoms. The summed E-state index contributed by atoms with van der Waals surface area (Å²) in [5, 5.41) is 2.94. The summed E-state index contributed by atoms with van der Waals surface area (Å²) in [7, 11) is -3.85. The maximum absolute atomic E-state index is 13.2. The van der Waals surface area contributed by atoms with Crippen LogP contribution in [0.1, 0.15) is 18.5 Å². The summed E-state index contributed by atoms with van der Waals surface area (Å²) in [5.41, 5.74) is 0.966. The largest absolute Gasteiger partial charge is 0.486 e. The topological polar surface area (TPSA) is 84.9 Å². The molecular weight excluding hydrogens is 412 g/mol. The Morgan fingerprint density at radius 1 is 1.14 bits per heavy atom. The fourth-order valence-electron chi connectivity index (χ4n) is 3.32. The third kappa shape index (κ3) is 4.08. The van der Waals surface area contributed by atoms with E-state index < -0.39 is 16.1 Å². The van der Waals surface area contributed by atoms with E-state index in [1.807, 2.05) is 37.3 Å². The summed E-state index contributed by atoms with van der Waals surface area (Å²) in [4.78, 5) is 13.0. The van der Waals surface area contributed by atoms with E-state index in [-0.39, 0.29) is 22.7 Å². The third-order valence-electron chi connectivity index (χ3n) is 4.92. The van der Waals surface area contributed by atoms with E-state index in [1.165, 1.54) is 28.2 Å². The minimum atomic E-state index is -3.85. The van der Waals surface area contributed by atoms with Crippen LogP contribution in [0.5, 0.6) is 11.5 Å². The van der Waals surface area contributed by atoms with Gasteiger partial charge in [-0.3, -0.25) is 4.79 Å². The number of nitrogens with zero attached hydrogens (tertiary/aromatic N) is 1. The maximum Gasteiger partial charge on any atom is 0.244 e. The highest BCUT2D eigenvalue weighted by Crippen LogP contribution is 2.35. The van der Waals surface area contributed by atoms with E-state index in [0.29, 0.717) is 30.5 Å². The van der Waals surface area contributed by atoms with Crippen LogP contribution in [0.2, 0.25) is 0 Å². The molecule has 4 rings (SSSR count). The number of fused-ring (bicyclic) bond motifs is 1. The lowest BCUT2D eigenvalue weighted by Gasteiger charge is -2.25. The van der Waals surface area contributed by atoms with Crippen LogP contribution in [0, 0.1) is 0 Å². The molecule has 2 aromatic carbocycles. The summed E-state index contributed by atoms with van der Waals surface area (Å²) in [6, 6.07) is 13.2. The van der Waals surface area contributed by atoms with E-state index in [0.717, 1.165) is 5.56 Å². The van der Waals surface area contributed by atoms with Gasteiger partial charge in [-0.15, -0.1) is 11.8 Å². The van der Waals surface area contributed by atoms with Crippen LogP contribution < -0.4 is 14.8 Å². The summed E-state index contributed by atoms with van der Waals surface area (Å²) >= 11 is 1.42. The number of amides is 1. The van der Waals surface area contributed by atoms with Gasteiger partial charge in [-0.25, -0.2) is 8.42 Å². The van der Waals surface area contributed by atoms with Crippen molar-refractivity contribution in [3.63, 3.8) is 0 Å². The number of sulfonamides is 1. The fraction of sp³-hybridized carbons (Fsp3) is 0.350. The standard InChI is InChI=1S/C20H22N2O5S2/c1-14(15-5-3-2-4-6-15)21-20(23)17-12-28-13-22(17)29(24,25)16-7-8-18-19(11-16)27-10-9-26-18/h2-8,11,14,17H,9-10,12-13H2,1H3,(H,21,23)/t14-,17+/m1/s1. The number of carbonyl (C=O) groups is 1. The molecule has 2 aliphatic rings. The summed E-state index contributed by atoms with van der Waals surface area (Å²) in [6.45, 7) is 2.69. The van der Waals surface area contributed by atoms with Crippen molar-refractivity contribution < 1.29 is 22.7 Å². The van der Waals surface area contributed by atoms with Crippen molar-refractivity contribution in [1.82, 2.24) is 9.62 Å². The van der Waals surface area contributed by atoms with Crippen LogP contribution in [0.25, 0.3) is 0 Å². The fourth-order valence-corrected chi connectivity index (χ4v) is 6.49. The van der Waals surface area contributed by atoms with Crippen molar-refractivity contribution in [2.75, 3.05) is 24.8 Å². The molecule has 1 N–H and O–H groups in total. The normalized spacial score (nSPS) is 20.2. The minimum Gasteiger partial charge on any atom is -0.486 e. The molecule has 2 heterocycles. The van der Waals surface area contributed by atoms with Gasteiger partial charge in [-0.1, -0.05) is 30.3 Å². The van der Waals surface area contributed by atoms with Gasteiger partial charge in [-0.05, 0) is 24.6 Å². The molecule has 1 amide bonds. The molecule has 0 aliphatic carbocycles. The highest BCUT2D eigenvalue weighted by molar-refractivity contribution is 8.00. The zero-order chi connectivity index (χ0) is 20.4. The first-order valence-electron chi connectivity index (χ1n) is 9.31. The number of carbonyl (C=O) groups excluding carboxylic acids is 1. The van der Waals surface area contributed by atoms with Gasteiger partial charge in [0.1, 0.15) is 19.3 Å². The van der Waals surface area contributed by atoms with Crippen molar-refractivity contribution >= 4 is 27.7 Å². The second-order valence-electron chi connectivity index (χ2n) is 6.85. The Morgan fingerprint density at radius 3 is 2.62 bits per heavy atom. The first-order valence-corrected chi connectivity index (χ1v) is 11.9. The van der Waals surface area contributed by atoms with Crippen molar-refractivity contribution in [3.05, 3.63) is 54.1 Å². The Hall–Kier alpha value is -2.23. The summed E-state index contributed by atoms with van der Waals surface area (Å²) < 4.78 is 38.7. The molecule has 0 radical (unpaired) electrons. The van der Waals surface area contributed by atoms with E-state index in [9.17, 15) is 13.2 Å². The van der Waals surface area contributed by atoms with Crippen molar-refractivity contribution in [3.8, 4) is 11.5 Å². The van der Waals surface area contributed by atoms with E-state index in [4.69, 9.17) is 9.47 Å². The van der Waals surface area contributed by atoms with Gasteiger partial charge in [0.2, 0.25) is 15.9 Å². The first-order chi connectivity index (χ1) is 14.0. The second-order valence-corrected chi connectivity index (χ2v) is 9.74. The van der Waals surface area contributed by atoms with E-state index in [2.05, 4.69) is 5.32 Å². The van der Waals surface area contributed by atoms with Gasteiger partial charge in [0.05, 0.1) is 16.8 Å². The van der Waals surface area contributed by atoms with Gasteiger partial charge >= 0.3 is 0 Å². The summed E-state index contributed by atoms with van der Waals surface area (Å²) in [5.74, 6) is 1.28. The van der Waals surface area contributed by atoms with Gasteiger partial charge in [0.25, 0.3) is 0 Å². The zero-order valence-corrected chi connectivity index (χ0v) is 17.5. The molecule has 0 unspecified atom stereocenters. The van der Waals surface area contributed by atoms with Gasteiger partial charge in [0, 0.05) is 11.8 Å². The smallest absolute Gasteiger partial charge is 0.244 e. The first kappa shape index (κ1) is 20.1. The van der Waals surface area contributed by atoms with Gasteiger partial charge in [0.15, 0.2) is 11.5 Å². The van der Waals surface area contributed by atoms with Crippen molar-refractivity contribution in [1.29, 1.82) is 0 Å². The average Bonchev–Trinajstić information content (AvgIpc) is 3.25. The quantitative estimate of drug-likeness (QED) is 0.778. The predicted octanol–water partition coefficient (Wildman–Crippen LogP) is 2.40. The number of thioether (sulfide) groups is 1. The lowest BCUT2D eigenvalue weighted by atomic mass is 10.1. The SMILES string of the molecule is C[C@@H](NC(=O)[C@@H]1CSCN1S(=O)(=O)c1ccc2c(c1)OCCO2)c1ccccc1. The Kier molecular flexibility index (Phi) is 5.71. The predicted molar refractivity (Wildman–Crippen MR) is 111 cm³/mol. The van der Waals surface area contributed by atoms with Gasteiger partial charge < -0.3 is 14.8 Å². The van der Waals surface area contributed by atoms with Crippen molar-refractivity contribution in [2.24, 2.45) is 0 Å². The molecule has 1 fully saturated rings. The molecule has 7 nitrogen and oxygen atoms in total. The molecule has 0 bridgehead atoms. The lowest BCUT2D eigenvalue weighted by Crippen LogP contribution is -2.47. The van der Waals surface area contributed by atoms with Crippen LogP contribution in [-0.4, -0.2) is 49.5 Å². The number of hydrogen-bond donors (Lipinski definition) is 1. The molecule has 2 atom stereocenters. The maximum atomic E-state index is 13.2. The molecular formula is C20H22N2O5S2. The molecule has 0 aromatic heterocycles. The van der Waals surface area contributed by atoms with Crippen molar-refractivity contribution in [2.45, 2.75) is 23.9 Å². The average molecular weight is 435 g/mol. The molecule has 0 spiro atoms.